The Labute approximate surface area is 144 Å². The fraction of sp³-hybridized carbons (Fsp3) is 0.625. The topological polar surface area (TPSA) is 114 Å². The van der Waals surface area contributed by atoms with Gasteiger partial charge in [0.05, 0.1) is 0 Å². The van der Waals surface area contributed by atoms with Gasteiger partial charge < -0.3 is 23.7 Å². The molecule has 0 aromatic rings. The van der Waals surface area contributed by atoms with Crippen molar-refractivity contribution in [1.82, 2.24) is 0 Å². The molecule has 0 bridgehead atoms. The van der Waals surface area contributed by atoms with E-state index in [0.717, 1.165) is 27.7 Å². The fourth-order valence-electron chi connectivity index (χ4n) is 2.39. The van der Waals surface area contributed by atoms with Gasteiger partial charge in [0.15, 0.2) is 12.2 Å². The lowest BCUT2D eigenvalue weighted by atomic mass is 9.96. The molecule has 0 radical (unpaired) electrons. The van der Waals surface area contributed by atoms with E-state index in [2.05, 4.69) is 5.92 Å². The number of ether oxygens (including phenoxy) is 5. The number of hydrogen-bond donors (Lipinski definition) is 0. The Bertz CT molecular complexity index is 577. The maximum absolute atomic E-state index is 11.5. The average Bonchev–Trinajstić information content (AvgIpc) is 2.45. The first kappa shape index (κ1) is 20.4. The van der Waals surface area contributed by atoms with Gasteiger partial charge in [-0.25, -0.2) is 0 Å². The lowest BCUT2D eigenvalue weighted by Gasteiger charge is -2.43. The Balaban J connectivity index is 3.28. The molecule has 0 N–H and O–H groups in total. The van der Waals surface area contributed by atoms with E-state index >= 15 is 0 Å². The quantitative estimate of drug-likeness (QED) is 0.384. The van der Waals surface area contributed by atoms with Gasteiger partial charge in [0.2, 0.25) is 12.4 Å². The molecule has 9 heteroatoms. The van der Waals surface area contributed by atoms with Crippen molar-refractivity contribution >= 4 is 23.9 Å². The first-order chi connectivity index (χ1) is 11.6. The zero-order valence-corrected chi connectivity index (χ0v) is 14.3. The molecule has 9 nitrogen and oxygen atoms in total. The SMILES string of the molecule is C#CCC1OC(OC(C)=O)[C@@H](OC(C)=O)[C@H](OC(C)=O)[C@@H]1OC(C)=O. The van der Waals surface area contributed by atoms with E-state index in [4.69, 9.17) is 30.1 Å². The predicted molar refractivity (Wildman–Crippen MR) is 80.5 cm³/mol. The molecule has 138 valence electrons. The molecule has 2 unspecified atom stereocenters. The van der Waals surface area contributed by atoms with Gasteiger partial charge in [-0.3, -0.25) is 19.2 Å². The molecule has 25 heavy (non-hydrogen) atoms. The molecular weight excluding hydrogens is 336 g/mol. The van der Waals surface area contributed by atoms with E-state index in [1.165, 1.54) is 0 Å². The monoisotopic (exact) mass is 356 g/mol. The number of hydrogen-bond acceptors (Lipinski definition) is 9. The van der Waals surface area contributed by atoms with Crippen molar-refractivity contribution in [2.45, 2.75) is 64.8 Å². The van der Waals surface area contributed by atoms with Crippen molar-refractivity contribution in [3.05, 3.63) is 0 Å². The number of carbonyl (C=O) groups is 4. The van der Waals surface area contributed by atoms with Crippen molar-refractivity contribution in [2.24, 2.45) is 0 Å². The third-order valence-electron chi connectivity index (χ3n) is 3.10. The maximum Gasteiger partial charge on any atom is 0.305 e. The number of terminal acetylenes is 1. The molecule has 0 amide bonds. The summed E-state index contributed by atoms with van der Waals surface area (Å²) in [6.45, 7) is 4.52. The van der Waals surface area contributed by atoms with Crippen LogP contribution in [0.5, 0.6) is 0 Å². The second-order valence-electron chi connectivity index (χ2n) is 5.28. The van der Waals surface area contributed by atoms with Crippen molar-refractivity contribution in [3.63, 3.8) is 0 Å². The molecule has 0 saturated carbocycles. The van der Waals surface area contributed by atoms with Crippen LogP contribution >= 0.6 is 0 Å². The normalized spacial score (nSPS) is 28.2. The first-order valence-corrected chi connectivity index (χ1v) is 7.43. The summed E-state index contributed by atoms with van der Waals surface area (Å²) in [4.78, 5) is 45.6. The highest BCUT2D eigenvalue weighted by atomic mass is 16.7. The second kappa shape index (κ2) is 9.03. The number of esters is 4. The molecular formula is C16H20O9. The zero-order chi connectivity index (χ0) is 19.1. The van der Waals surface area contributed by atoms with E-state index in [1.54, 1.807) is 0 Å². The van der Waals surface area contributed by atoms with Crippen LogP contribution in [0.3, 0.4) is 0 Å². The van der Waals surface area contributed by atoms with Crippen LogP contribution in [0.25, 0.3) is 0 Å². The van der Waals surface area contributed by atoms with Crippen molar-refractivity contribution in [2.75, 3.05) is 0 Å². The predicted octanol–water partition coefficient (Wildman–Crippen LogP) is 0.0928. The van der Waals surface area contributed by atoms with Crippen LogP contribution in [0.15, 0.2) is 0 Å². The molecule has 0 aliphatic carbocycles. The highest BCUT2D eigenvalue weighted by molar-refractivity contribution is 5.69. The van der Waals surface area contributed by atoms with Crippen LogP contribution in [0.4, 0.5) is 0 Å². The molecule has 0 aromatic carbocycles. The molecule has 1 fully saturated rings. The van der Waals surface area contributed by atoms with Gasteiger partial charge in [-0.05, 0) is 0 Å². The molecule has 1 aliphatic heterocycles. The summed E-state index contributed by atoms with van der Waals surface area (Å²) < 4.78 is 26.0. The van der Waals surface area contributed by atoms with Crippen LogP contribution in [0.2, 0.25) is 0 Å². The van der Waals surface area contributed by atoms with Gasteiger partial charge in [0, 0.05) is 34.1 Å². The summed E-state index contributed by atoms with van der Waals surface area (Å²) in [6.07, 6.45) is -0.789. The molecule has 1 saturated heterocycles. The van der Waals surface area contributed by atoms with E-state index in [1.807, 2.05) is 0 Å². The van der Waals surface area contributed by atoms with E-state index in [-0.39, 0.29) is 6.42 Å². The summed E-state index contributed by atoms with van der Waals surface area (Å²) in [7, 11) is 0. The highest BCUT2D eigenvalue weighted by Crippen LogP contribution is 2.30. The van der Waals surface area contributed by atoms with Crippen LogP contribution in [0, 0.1) is 12.3 Å². The summed E-state index contributed by atoms with van der Waals surface area (Å²) in [5.74, 6) is -0.511. The molecule has 1 aliphatic rings. The van der Waals surface area contributed by atoms with E-state index in [9.17, 15) is 19.2 Å². The summed E-state index contributed by atoms with van der Waals surface area (Å²) in [5, 5.41) is 0. The van der Waals surface area contributed by atoms with Gasteiger partial charge in [0.1, 0.15) is 6.10 Å². The van der Waals surface area contributed by atoms with Gasteiger partial charge in [-0.2, -0.15) is 0 Å². The Morgan fingerprint density at radius 3 is 1.68 bits per heavy atom. The van der Waals surface area contributed by atoms with Gasteiger partial charge in [0.25, 0.3) is 0 Å². The standard InChI is InChI=1S/C16H20O9/c1-6-7-12-13(21-8(2)17)14(22-9(3)18)15(23-10(4)19)16(25-12)24-11(5)20/h1,12-16H,7H2,2-5H3/t12?,13-,14-,15+,16?/m1/s1. The van der Waals surface area contributed by atoms with E-state index in [0.29, 0.717) is 0 Å². The first-order valence-electron chi connectivity index (χ1n) is 7.43. The molecule has 1 rings (SSSR count). The van der Waals surface area contributed by atoms with Crippen molar-refractivity contribution < 1.29 is 42.9 Å². The largest absolute Gasteiger partial charge is 0.456 e. The Morgan fingerprint density at radius 1 is 0.800 bits per heavy atom. The summed E-state index contributed by atoms with van der Waals surface area (Å²) in [5.41, 5.74) is 0. The highest BCUT2D eigenvalue weighted by Gasteiger charge is 2.52. The number of carbonyl (C=O) groups excluding carboxylic acids is 4. The Morgan fingerprint density at radius 2 is 1.24 bits per heavy atom. The van der Waals surface area contributed by atoms with Crippen molar-refractivity contribution in [1.29, 1.82) is 0 Å². The fourth-order valence-corrected chi connectivity index (χ4v) is 2.39. The van der Waals surface area contributed by atoms with E-state index < -0.39 is 54.6 Å². The van der Waals surface area contributed by atoms with Gasteiger partial charge in [-0.15, -0.1) is 12.3 Å². The lowest BCUT2D eigenvalue weighted by Crippen LogP contribution is -2.62. The lowest BCUT2D eigenvalue weighted by molar-refractivity contribution is -0.294. The summed E-state index contributed by atoms with van der Waals surface area (Å²) >= 11 is 0. The Kier molecular flexibility index (Phi) is 7.39. The maximum atomic E-state index is 11.5. The van der Waals surface area contributed by atoms with Gasteiger partial charge >= 0.3 is 23.9 Å². The molecule has 0 aromatic heterocycles. The average molecular weight is 356 g/mol. The molecule has 1 heterocycles. The second-order valence-corrected chi connectivity index (χ2v) is 5.28. The van der Waals surface area contributed by atoms with Gasteiger partial charge in [-0.1, -0.05) is 0 Å². The third-order valence-corrected chi connectivity index (χ3v) is 3.10. The van der Waals surface area contributed by atoms with Crippen molar-refractivity contribution in [3.8, 4) is 12.3 Å². The minimum atomic E-state index is -1.38. The third kappa shape index (κ3) is 6.08. The zero-order valence-electron chi connectivity index (χ0n) is 14.3. The number of rotatable bonds is 5. The minimum absolute atomic E-state index is 0.0275. The Hall–Kier alpha value is -2.60. The van der Waals surface area contributed by atoms with Crippen LogP contribution in [-0.2, 0) is 42.9 Å². The molecule has 5 atom stereocenters. The van der Waals surface area contributed by atoms with Crippen LogP contribution in [0.1, 0.15) is 34.1 Å². The smallest absolute Gasteiger partial charge is 0.305 e. The minimum Gasteiger partial charge on any atom is -0.456 e. The van der Waals surface area contributed by atoms with Crippen LogP contribution < -0.4 is 0 Å². The summed E-state index contributed by atoms with van der Waals surface area (Å²) in [6, 6.07) is 0. The molecule has 0 spiro atoms. The van der Waals surface area contributed by atoms with Crippen LogP contribution in [-0.4, -0.2) is 54.6 Å².